The average molecular weight is 316 g/mol. The first-order valence-electron chi connectivity index (χ1n) is 7.72. The van der Waals surface area contributed by atoms with Crippen LogP contribution in [-0.2, 0) is 0 Å². The van der Waals surface area contributed by atoms with Gasteiger partial charge in [-0.3, -0.25) is 4.79 Å². The molecule has 1 aliphatic rings. The first kappa shape index (κ1) is 15.3. The molecule has 1 amide bonds. The molecule has 0 unspecified atom stereocenters. The van der Waals surface area contributed by atoms with E-state index in [0.29, 0.717) is 13.1 Å². The number of anilines is 2. The van der Waals surface area contributed by atoms with Gasteiger partial charge < -0.3 is 19.6 Å². The number of amides is 1. The number of aromatic nitrogens is 3. The minimum atomic E-state index is -0.116. The highest BCUT2D eigenvalue weighted by molar-refractivity contribution is 5.91. The quantitative estimate of drug-likeness (QED) is 0.905. The zero-order valence-electron chi connectivity index (χ0n) is 13.3. The second-order valence-electron chi connectivity index (χ2n) is 5.34. The molecule has 3 rings (SSSR count). The van der Waals surface area contributed by atoms with Gasteiger partial charge in [-0.2, -0.15) is 0 Å². The van der Waals surface area contributed by atoms with Crippen molar-refractivity contribution in [2.45, 2.75) is 13.8 Å². The van der Waals surface area contributed by atoms with Crippen LogP contribution in [0, 0.1) is 6.92 Å². The van der Waals surface area contributed by atoms with Crippen LogP contribution in [0.1, 0.15) is 23.3 Å². The predicted molar refractivity (Wildman–Crippen MR) is 85.6 cm³/mol. The van der Waals surface area contributed by atoms with E-state index in [1.807, 2.05) is 19.9 Å². The molecule has 1 saturated heterocycles. The Bertz CT molecular complexity index is 665. The molecule has 2 aromatic heterocycles. The average Bonchev–Trinajstić information content (AvgIpc) is 3.08. The summed E-state index contributed by atoms with van der Waals surface area (Å²) < 4.78 is 4.93. The van der Waals surface area contributed by atoms with Crippen molar-refractivity contribution >= 4 is 17.5 Å². The van der Waals surface area contributed by atoms with Gasteiger partial charge in [0.2, 0.25) is 5.76 Å². The molecule has 122 valence electrons. The fourth-order valence-corrected chi connectivity index (χ4v) is 2.61. The van der Waals surface area contributed by atoms with Crippen LogP contribution in [0.3, 0.4) is 0 Å². The van der Waals surface area contributed by atoms with E-state index in [2.05, 4.69) is 25.3 Å². The molecule has 1 fully saturated rings. The number of hydrogen-bond donors (Lipinski definition) is 1. The molecule has 1 aliphatic heterocycles. The van der Waals surface area contributed by atoms with Crippen LogP contribution in [0.25, 0.3) is 0 Å². The highest BCUT2D eigenvalue weighted by atomic mass is 16.5. The van der Waals surface area contributed by atoms with E-state index in [-0.39, 0.29) is 11.7 Å². The molecule has 1 N–H and O–H groups in total. The Hall–Kier alpha value is -2.64. The third kappa shape index (κ3) is 3.41. The van der Waals surface area contributed by atoms with E-state index in [4.69, 9.17) is 4.52 Å². The van der Waals surface area contributed by atoms with Crippen LogP contribution in [0.4, 0.5) is 11.6 Å². The largest absolute Gasteiger partial charge is 0.370 e. The van der Waals surface area contributed by atoms with Gasteiger partial charge in [-0.15, -0.1) is 0 Å². The van der Waals surface area contributed by atoms with Crippen LogP contribution >= 0.6 is 0 Å². The molecule has 0 aromatic carbocycles. The van der Waals surface area contributed by atoms with Crippen molar-refractivity contribution in [3.05, 3.63) is 29.9 Å². The van der Waals surface area contributed by atoms with Crippen molar-refractivity contribution in [2.24, 2.45) is 0 Å². The summed E-state index contributed by atoms with van der Waals surface area (Å²) in [6.07, 6.45) is 1.48. The third-order valence-electron chi connectivity index (χ3n) is 3.72. The van der Waals surface area contributed by atoms with Gasteiger partial charge in [0.05, 0.1) is 6.20 Å². The Balaban J connectivity index is 1.66. The van der Waals surface area contributed by atoms with Crippen LogP contribution in [0.2, 0.25) is 0 Å². The number of piperazine rings is 1. The normalized spacial score (nSPS) is 14.9. The van der Waals surface area contributed by atoms with Gasteiger partial charge in [-0.25, -0.2) is 9.97 Å². The molecular formula is C15H20N6O2. The van der Waals surface area contributed by atoms with Gasteiger partial charge in [0.1, 0.15) is 17.5 Å². The highest BCUT2D eigenvalue weighted by Gasteiger charge is 2.25. The number of hydrogen-bond acceptors (Lipinski definition) is 7. The van der Waals surface area contributed by atoms with Crippen LogP contribution < -0.4 is 10.2 Å². The smallest absolute Gasteiger partial charge is 0.292 e. The van der Waals surface area contributed by atoms with Crippen LogP contribution in [0.5, 0.6) is 0 Å². The lowest BCUT2D eigenvalue weighted by Gasteiger charge is -2.35. The lowest BCUT2D eigenvalue weighted by Crippen LogP contribution is -2.49. The monoisotopic (exact) mass is 316 g/mol. The SMILES string of the molecule is CCNc1cc(N2CCN(C(=O)c3ccno3)CC2)nc(C)n1. The number of carbonyl (C=O) groups excluding carboxylic acids is 1. The second-order valence-corrected chi connectivity index (χ2v) is 5.34. The summed E-state index contributed by atoms with van der Waals surface area (Å²) in [6, 6.07) is 3.54. The van der Waals surface area contributed by atoms with Gasteiger partial charge in [0.15, 0.2) is 0 Å². The van der Waals surface area contributed by atoms with E-state index in [9.17, 15) is 4.79 Å². The minimum Gasteiger partial charge on any atom is -0.370 e. The number of carbonyl (C=O) groups is 1. The zero-order chi connectivity index (χ0) is 16.2. The fourth-order valence-electron chi connectivity index (χ4n) is 2.61. The van der Waals surface area contributed by atoms with Gasteiger partial charge in [0.25, 0.3) is 5.91 Å². The summed E-state index contributed by atoms with van der Waals surface area (Å²) in [5.41, 5.74) is 0. The number of nitrogens with one attached hydrogen (secondary N) is 1. The summed E-state index contributed by atoms with van der Waals surface area (Å²) in [4.78, 5) is 25.0. The topological polar surface area (TPSA) is 87.4 Å². The van der Waals surface area contributed by atoms with E-state index in [1.165, 1.54) is 6.20 Å². The Morgan fingerprint density at radius 3 is 2.74 bits per heavy atom. The van der Waals surface area contributed by atoms with Crippen molar-refractivity contribution in [3.8, 4) is 0 Å². The second kappa shape index (κ2) is 6.64. The van der Waals surface area contributed by atoms with Crippen molar-refractivity contribution in [3.63, 3.8) is 0 Å². The van der Waals surface area contributed by atoms with Crippen molar-refractivity contribution in [1.29, 1.82) is 0 Å². The predicted octanol–water partition coefficient (Wildman–Crippen LogP) is 1.17. The summed E-state index contributed by atoms with van der Waals surface area (Å²) >= 11 is 0. The van der Waals surface area contributed by atoms with E-state index < -0.39 is 0 Å². The molecule has 2 aromatic rings. The third-order valence-corrected chi connectivity index (χ3v) is 3.72. The Labute approximate surface area is 134 Å². The van der Waals surface area contributed by atoms with Gasteiger partial charge in [0, 0.05) is 44.9 Å². The molecule has 0 atom stereocenters. The summed E-state index contributed by atoms with van der Waals surface area (Å²) in [6.45, 7) is 7.43. The van der Waals surface area contributed by atoms with Crippen molar-refractivity contribution < 1.29 is 9.32 Å². The summed E-state index contributed by atoms with van der Waals surface area (Å²) in [7, 11) is 0. The minimum absolute atomic E-state index is 0.116. The van der Waals surface area contributed by atoms with E-state index >= 15 is 0 Å². The van der Waals surface area contributed by atoms with Crippen LogP contribution in [0.15, 0.2) is 22.9 Å². The Kier molecular flexibility index (Phi) is 4.40. The molecule has 0 spiro atoms. The summed E-state index contributed by atoms with van der Waals surface area (Å²) in [5, 5.41) is 6.79. The zero-order valence-corrected chi connectivity index (χ0v) is 13.3. The summed E-state index contributed by atoms with van der Waals surface area (Å²) in [5.74, 6) is 2.62. The van der Waals surface area contributed by atoms with Crippen LogP contribution in [-0.4, -0.2) is 58.7 Å². The molecular weight excluding hydrogens is 296 g/mol. The standard InChI is InChI=1S/C15H20N6O2/c1-3-16-13-10-14(19-11(2)18-13)20-6-8-21(9-7-20)15(22)12-4-5-17-23-12/h4-5,10H,3,6-9H2,1-2H3,(H,16,18,19). The molecule has 8 nitrogen and oxygen atoms in total. The maximum absolute atomic E-state index is 12.2. The van der Waals surface area contributed by atoms with Gasteiger partial charge >= 0.3 is 0 Å². The van der Waals surface area contributed by atoms with Gasteiger partial charge in [-0.1, -0.05) is 5.16 Å². The molecule has 0 radical (unpaired) electrons. The maximum Gasteiger partial charge on any atom is 0.292 e. The first-order chi connectivity index (χ1) is 11.2. The van der Waals surface area contributed by atoms with Gasteiger partial charge in [-0.05, 0) is 13.8 Å². The number of aryl methyl sites for hydroxylation is 1. The molecule has 0 saturated carbocycles. The van der Waals surface area contributed by atoms with E-state index in [0.717, 1.165) is 37.1 Å². The van der Waals surface area contributed by atoms with Crippen molar-refractivity contribution in [2.75, 3.05) is 42.9 Å². The molecule has 0 bridgehead atoms. The molecule has 8 heteroatoms. The lowest BCUT2D eigenvalue weighted by molar-refractivity contribution is 0.0704. The first-order valence-corrected chi connectivity index (χ1v) is 7.72. The van der Waals surface area contributed by atoms with Crippen molar-refractivity contribution in [1.82, 2.24) is 20.0 Å². The number of rotatable bonds is 4. The Morgan fingerprint density at radius 2 is 2.09 bits per heavy atom. The Morgan fingerprint density at radius 1 is 1.30 bits per heavy atom. The van der Waals surface area contributed by atoms with E-state index in [1.54, 1.807) is 11.0 Å². The molecule has 3 heterocycles. The molecule has 23 heavy (non-hydrogen) atoms. The highest BCUT2D eigenvalue weighted by Crippen LogP contribution is 2.18. The molecule has 0 aliphatic carbocycles. The fraction of sp³-hybridized carbons (Fsp3) is 0.467. The number of nitrogens with zero attached hydrogens (tertiary/aromatic N) is 5. The lowest BCUT2D eigenvalue weighted by atomic mass is 10.2. The maximum atomic E-state index is 12.2.